The Morgan fingerprint density at radius 2 is 1.73 bits per heavy atom. The maximum Gasteiger partial charge on any atom is 0.323 e. The van der Waals surface area contributed by atoms with Crippen molar-refractivity contribution in [3.8, 4) is 0 Å². The maximum atomic E-state index is 12.7. The third kappa shape index (κ3) is 4.78. The third-order valence-corrected chi connectivity index (χ3v) is 5.76. The minimum atomic E-state index is -1.27. The summed E-state index contributed by atoms with van der Waals surface area (Å²) in [4.78, 5) is 31.6. The van der Waals surface area contributed by atoms with Gasteiger partial charge in [0, 0.05) is 16.7 Å². The summed E-state index contributed by atoms with van der Waals surface area (Å²) in [6, 6.07) is 9.91. The molecule has 1 saturated carbocycles. The summed E-state index contributed by atoms with van der Waals surface area (Å²) in [5.41, 5.74) is 1.68. The molecule has 144 valence electrons. The molecule has 0 unspecified atom stereocenters. The summed E-state index contributed by atoms with van der Waals surface area (Å²) in [6.07, 6.45) is 0.685. The Balaban J connectivity index is 2.18. The zero-order valence-electron chi connectivity index (χ0n) is 15.5. The summed E-state index contributed by atoms with van der Waals surface area (Å²) in [5, 5.41) is 0. The molecule has 1 aromatic carbocycles. The minimum Gasteiger partial charge on any atom is -0.465 e. The molecule has 7 heteroatoms. The summed E-state index contributed by atoms with van der Waals surface area (Å²) < 4.78 is 10.4. The van der Waals surface area contributed by atoms with E-state index in [0.29, 0.717) is 12.8 Å². The van der Waals surface area contributed by atoms with Crippen LogP contribution in [0.1, 0.15) is 26.7 Å². The summed E-state index contributed by atoms with van der Waals surface area (Å²) in [7, 11) is 1.54. The fourth-order valence-corrected chi connectivity index (χ4v) is 4.46. The van der Waals surface area contributed by atoms with Crippen molar-refractivity contribution in [3.63, 3.8) is 0 Å². The van der Waals surface area contributed by atoms with Gasteiger partial charge < -0.3 is 14.3 Å². The van der Waals surface area contributed by atoms with Crippen LogP contribution in [0.25, 0.3) is 0 Å². The molecule has 0 bridgehead atoms. The molecule has 2 rings (SSSR count). The van der Waals surface area contributed by atoms with E-state index in [9.17, 15) is 9.59 Å². The monoisotopic (exact) mass is 381 g/mol. The van der Waals surface area contributed by atoms with Crippen LogP contribution in [0.15, 0.2) is 35.2 Å². The first-order chi connectivity index (χ1) is 12.6. The molecular formula is C19H27NO5S. The van der Waals surface area contributed by atoms with Gasteiger partial charge in [0.1, 0.15) is 0 Å². The Kier molecular flexibility index (Phi) is 7.93. The first kappa shape index (κ1) is 20.7. The van der Waals surface area contributed by atoms with Crippen LogP contribution in [0.4, 0.5) is 0 Å². The predicted octanol–water partition coefficient (Wildman–Crippen LogP) is 2.82. The molecule has 0 radical (unpaired) electrons. The minimum absolute atomic E-state index is 0.0639. The van der Waals surface area contributed by atoms with Crippen LogP contribution in [-0.4, -0.2) is 44.1 Å². The van der Waals surface area contributed by atoms with E-state index in [2.05, 4.69) is 5.48 Å². The van der Waals surface area contributed by atoms with Gasteiger partial charge in [0.2, 0.25) is 0 Å². The van der Waals surface area contributed by atoms with E-state index < -0.39 is 17.4 Å². The topological polar surface area (TPSA) is 73.9 Å². The van der Waals surface area contributed by atoms with Crippen molar-refractivity contribution in [1.82, 2.24) is 5.48 Å². The first-order valence-electron chi connectivity index (χ1n) is 8.88. The average molecular weight is 381 g/mol. The standard InChI is InChI=1S/C19H27NO5S/c1-4-24-17(21)19(18(22)25-5-2)11-14(16(12-19)20-23-3)13-26-15-9-7-6-8-10-15/h6-10,14,16,20H,4-5,11-13H2,1-3H3/t14-,16-/m0/s1. The number of hydroxylamine groups is 1. The SMILES string of the molecule is CCOC(=O)C1(C(=O)OCC)C[C@@H](CSc2ccccc2)[C@@H](NOC)C1. The molecule has 0 amide bonds. The summed E-state index contributed by atoms with van der Waals surface area (Å²) in [5.74, 6) is -0.193. The molecule has 0 heterocycles. The average Bonchev–Trinajstić information content (AvgIpc) is 3.01. The molecule has 6 nitrogen and oxygen atoms in total. The molecule has 1 fully saturated rings. The van der Waals surface area contributed by atoms with Gasteiger partial charge in [-0.2, -0.15) is 5.48 Å². The Labute approximate surface area is 158 Å². The van der Waals surface area contributed by atoms with Crippen molar-refractivity contribution in [2.75, 3.05) is 26.1 Å². The van der Waals surface area contributed by atoms with E-state index in [0.717, 1.165) is 10.6 Å². The summed E-state index contributed by atoms with van der Waals surface area (Å²) in [6.45, 7) is 3.93. The molecule has 1 N–H and O–H groups in total. The zero-order valence-corrected chi connectivity index (χ0v) is 16.3. The lowest BCUT2D eigenvalue weighted by Gasteiger charge is -2.24. The predicted molar refractivity (Wildman–Crippen MR) is 99.5 cm³/mol. The van der Waals surface area contributed by atoms with Crippen molar-refractivity contribution in [2.24, 2.45) is 11.3 Å². The van der Waals surface area contributed by atoms with Crippen LogP contribution >= 0.6 is 11.8 Å². The Morgan fingerprint density at radius 1 is 1.12 bits per heavy atom. The zero-order chi connectivity index (χ0) is 19.0. The number of hydrogen-bond acceptors (Lipinski definition) is 7. The van der Waals surface area contributed by atoms with Gasteiger partial charge in [-0.05, 0) is 44.7 Å². The fraction of sp³-hybridized carbons (Fsp3) is 0.579. The van der Waals surface area contributed by atoms with E-state index in [1.165, 1.54) is 7.11 Å². The highest BCUT2D eigenvalue weighted by Crippen LogP contribution is 2.46. The molecule has 0 aliphatic heterocycles. The number of benzene rings is 1. The van der Waals surface area contributed by atoms with Crippen molar-refractivity contribution < 1.29 is 23.9 Å². The third-order valence-electron chi connectivity index (χ3n) is 4.56. The number of nitrogens with one attached hydrogen (secondary N) is 1. The number of thioether (sulfide) groups is 1. The molecule has 26 heavy (non-hydrogen) atoms. The second kappa shape index (κ2) is 9.94. The van der Waals surface area contributed by atoms with Crippen LogP contribution < -0.4 is 5.48 Å². The molecule has 2 atom stereocenters. The normalized spacial score (nSPS) is 21.3. The van der Waals surface area contributed by atoms with Gasteiger partial charge in [-0.3, -0.25) is 9.59 Å². The van der Waals surface area contributed by atoms with Gasteiger partial charge in [0.05, 0.1) is 20.3 Å². The highest BCUT2D eigenvalue weighted by Gasteiger charge is 2.57. The van der Waals surface area contributed by atoms with E-state index in [1.54, 1.807) is 25.6 Å². The lowest BCUT2D eigenvalue weighted by Crippen LogP contribution is -2.41. The highest BCUT2D eigenvalue weighted by atomic mass is 32.2. The second-order valence-electron chi connectivity index (χ2n) is 6.24. The number of rotatable bonds is 9. The van der Waals surface area contributed by atoms with Gasteiger partial charge in [-0.25, -0.2) is 0 Å². The Bertz CT molecular complexity index is 577. The van der Waals surface area contributed by atoms with Gasteiger partial charge in [-0.1, -0.05) is 18.2 Å². The van der Waals surface area contributed by atoms with Gasteiger partial charge in [0.25, 0.3) is 0 Å². The number of ether oxygens (including phenoxy) is 2. The van der Waals surface area contributed by atoms with Gasteiger partial charge in [-0.15, -0.1) is 11.8 Å². The lowest BCUT2D eigenvalue weighted by molar-refractivity contribution is -0.172. The Hall–Kier alpha value is -1.57. The van der Waals surface area contributed by atoms with E-state index in [4.69, 9.17) is 14.3 Å². The van der Waals surface area contributed by atoms with Gasteiger partial charge >= 0.3 is 11.9 Å². The molecule has 0 saturated heterocycles. The second-order valence-corrected chi connectivity index (χ2v) is 7.34. The van der Waals surface area contributed by atoms with Crippen LogP contribution in [0, 0.1) is 11.3 Å². The quantitative estimate of drug-likeness (QED) is 0.305. The largest absolute Gasteiger partial charge is 0.465 e. The molecule has 1 aromatic rings. The van der Waals surface area contributed by atoms with E-state index in [-0.39, 0.29) is 25.2 Å². The van der Waals surface area contributed by atoms with Gasteiger partial charge in [0.15, 0.2) is 5.41 Å². The van der Waals surface area contributed by atoms with Crippen LogP contribution in [0.2, 0.25) is 0 Å². The van der Waals surface area contributed by atoms with Crippen molar-refractivity contribution in [1.29, 1.82) is 0 Å². The summed E-state index contributed by atoms with van der Waals surface area (Å²) >= 11 is 1.70. The number of hydrogen-bond donors (Lipinski definition) is 1. The van der Waals surface area contributed by atoms with E-state index in [1.807, 2.05) is 30.3 Å². The molecular weight excluding hydrogens is 354 g/mol. The van der Waals surface area contributed by atoms with Crippen LogP contribution in [-0.2, 0) is 23.9 Å². The molecule has 1 aliphatic rings. The Morgan fingerprint density at radius 3 is 2.27 bits per heavy atom. The van der Waals surface area contributed by atoms with Crippen molar-refractivity contribution >= 4 is 23.7 Å². The number of esters is 2. The van der Waals surface area contributed by atoms with Crippen molar-refractivity contribution in [2.45, 2.75) is 37.6 Å². The smallest absolute Gasteiger partial charge is 0.323 e. The number of carbonyl (C=O) groups excluding carboxylic acids is 2. The highest BCUT2D eigenvalue weighted by molar-refractivity contribution is 7.99. The molecule has 0 spiro atoms. The first-order valence-corrected chi connectivity index (χ1v) is 9.86. The van der Waals surface area contributed by atoms with E-state index >= 15 is 0 Å². The molecule has 0 aromatic heterocycles. The molecule has 1 aliphatic carbocycles. The lowest BCUT2D eigenvalue weighted by atomic mass is 9.85. The number of carbonyl (C=O) groups is 2. The van der Waals surface area contributed by atoms with Crippen LogP contribution in [0.3, 0.4) is 0 Å². The van der Waals surface area contributed by atoms with Crippen molar-refractivity contribution in [3.05, 3.63) is 30.3 Å². The van der Waals surface area contributed by atoms with Crippen LogP contribution in [0.5, 0.6) is 0 Å². The fourth-order valence-electron chi connectivity index (χ4n) is 3.35. The maximum absolute atomic E-state index is 12.7.